The maximum atomic E-state index is 15.0. The maximum absolute atomic E-state index is 15.0. The Balaban J connectivity index is 1.46. The second-order valence-corrected chi connectivity index (χ2v) is 9.66. The average molecular weight is 507 g/mol. The number of carbonyl (C=O) groups is 2. The number of hydrogen-bond donors (Lipinski definition) is 1. The first kappa shape index (κ1) is 25.1. The van der Waals surface area contributed by atoms with Crippen LogP contribution in [0.25, 0.3) is 10.8 Å². The molecule has 1 aromatic carbocycles. The Morgan fingerprint density at radius 2 is 2.00 bits per heavy atom. The smallest absolute Gasteiger partial charge is 0.409 e. The molecule has 1 unspecified atom stereocenters. The van der Waals surface area contributed by atoms with Gasteiger partial charge in [0, 0.05) is 72.8 Å². The summed E-state index contributed by atoms with van der Waals surface area (Å²) in [6.07, 6.45) is 8.28. The predicted octanol–water partition coefficient (Wildman–Crippen LogP) is 3.99. The zero-order chi connectivity index (χ0) is 25.9. The number of benzene rings is 1. The lowest BCUT2D eigenvalue weighted by molar-refractivity contribution is -0.119. The van der Waals surface area contributed by atoms with E-state index < -0.39 is 5.92 Å². The molecule has 9 heteroatoms. The van der Waals surface area contributed by atoms with Crippen LogP contribution in [0.4, 0.5) is 14.9 Å². The molecule has 2 aliphatic rings. The number of piperidine rings is 1. The van der Waals surface area contributed by atoms with Crippen LogP contribution in [0.15, 0.2) is 42.9 Å². The summed E-state index contributed by atoms with van der Waals surface area (Å²) in [6, 6.07) is 6.79. The Labute approximate surface area is 215 Å². The number of carbonyl (C=O) groups excluding carboxylic acids is 2. The number of aryl methyl sites for hydroxylation is 1. The second-order valence-electron chi connectivity index (χ2n) is 9.66. The van der Waals surface area contributed by atoms with Gasteiger partial charge < -0.3 is 19.6 Å². The number of nitrogens with zero attached hydrogens (tertiary/aromatic N) is 4. The molecular formula is C28H31FN4O4. The molecule has 2 amide bonds. The molecule has 0 bridgehead atoms. The number of hydrogen-bond acceptors (Lipinski definition) is 6. The van der Waals surface area contributed by atoms with Crippen molar-refractivity contribution in [2.45, 2.75) is 50.5 Å². The van der Waals surface area contributed by atoms with E-state index in [1.165, 1.54) is 13.2 Å². The fourth-order valence-electron chi connectivity index (χ4n) is 5.71. The van der Waals surface area contributed by atoms with Crippen LogP contribution in [0, 0.1) is 5.82 Å². The summed E-state index contributed by atoms with van der Waals surface area (Å²) in [5, 5.41) is 10.6. The lowest BCUT2D eigenvalue weighted by Crippen LogP contribution is -2.48. The van der Waals surface area contributed by atoms with E-state index in [4.69, 9.17) is 9.72 Å². The van der Waals surface area contributed by atoms with Crippen molar-refractivity contribution in [3.8, 4) is 0 Å². The number of fused-ring (bicyclic) bond motifs is 2. The molecule has 1 atom stereocenters. The standard InChI is InChI=1S/C28H31FN4O4/c1-37-28(36)32-12-9-19(10-13-32)33-25-8-11-30-17-22(25)21(27(33)35)15-24-20(6-2-3-14-34)26-18(16-31-24)5-4-7-23(26)29/h4-5,7-8,11,16-17,19,21,34H,2-3,6,9-10,12-15H2,1H3. The number of likely N-dealkylation sites (tertiary alicyclic amines) is 1. The van der Waals surface area contributed by atoms with Crippen molar-refractivity contribution in [1.29, 1.82) is 0 Å². The predicted molar refractivity (Wildman–Crippen MR) is 137 cm³/mol. The van der Waals surface area contributed by atoms with Gasteiger partial charge in [-0.3, -0.25) is 14.8 Å². The molecule has 3 aromatic rings. The molecular weight excluding hydrogens is 475 g/mol. The van der Waals surface area contributed by atoms with Gasteiger partial charge in [-0.2, -0.15) is 0 Å². The van der Waals surface area contributed by atoms with E-state index in [0.29, 0.717) is 62.7 Å². The molecule has 1 N–H and O–H groups in total. The summed E-state index contributed by atoms with van der Waals surface area (Å²) in [4.78, 5) is 38.3. The van der Waals surface area contributed by atoms with Crippen LogP contribution in [0.5, 0.6) is 0 Å². The monoisotopic (exact) mass is 506 g/mol. The van der Waals surface area contributed by atoms with Crippen molar-refractivity contribution in [2.75, 3.05) is 31.7 Å². The molecule has 1 fully saturated rings. The van der Waals surface area contributed by atoms with E-state index in [1.807, 2.05) is 17.0 Å². The molecule has 4 heterocycles. The van der Waals surface area contributed by atoms with Crippen LogP contribution in [-0.4, -0.2) is 64.8 Å². The maximum Gasteiger partial charge on any atom is 0.409 e. The first-order valence-electron chi connectivity index (χ1n) is 12.8. The van der Waals surface area contributed by atoms with Gasteiger partial charge >= 0.3 is 6.09 Å². The Morgan fingerprint density at radius 3 is 2.76 bits per heavy atom. The zero-order valence-electron chi connectivity index (χ0n) is 20.9. The average Bonchev–Trinajstić information content (AvgIpc) is 3.20. The number of halogens is 1. The molecule has 2 aliphatic heterocycles. The minimum Gasteiger partial charge on any atom is -0.453 e. The molecule has 8 nitrogen and oxygen atoms in total. The fraction of sp³-hybridized carbons (Fsp3) is 0.429. The van der Waals surface area contributed by atoms with Crippen molar-refractivity contribution in [3.63, 3.8) is 0 Å². The lowest BCUT2D eigenvalue weighted by atomic mass is 9.91. The Kier molecular flexibility index (Phi) is 7.32. The van der Waals surface area contributed by atoms with Crippen LogP contribution < -0.4 is 4.90 Å². The minimum absolute atomic E-state index is 0.0174. The molecule has 5 rings (SSSR count). The number of anilines is 1. The molecule has 2 aromatic heterocycles. The van der Waals surface area contributed by atoms with E-state index in [0.717, 1.165) is 22.2 Å². The van der Waals surface area contributed by atoms with E-state index in [1.54, 1.807) is 29.6 Å². The summed E-state index contributed by atoms with van der Waals surface area (Å²) in [7, 11) is 1.37. The highest BCUT2D eigenvalue weighted by Gasteiger charge is 2.42. The van der Waals surface area contributed by atoms with Gasteiger partial charge in [-0.05, 0) is 49.8 Å². The lowest BCUT2D eigenvalue weighted by Gasteiger charge is -2.36. The van der Waals surface area contributed by atoms with Crippen molar-refractivity contribution in [3.05, 3.63) is 65.5 Å². The minimum atomic E-state index is -0.476. The van der Waals surface area contributed by atoms with Gasteiger partial charge in [-0.1, -0.05) is 12.1 Å². The third-order valence-electron chi connectivity index (χ3n) is 7.55. The quantitative estimate of drug-likeness (QED) is 0.487. The van der Waals surface area contributed by atoms with Gasteiger partial charge in [0.2, 0.25) is 5.91 Å². The van der Waals surface area contributed by atoms with Crippen molar-refractivity contribution in [1.82, 2.24) is 14.9 Å². The summed E-state index contributed by atoms with van der Waals surface area (Å²) in [6.45, 7) is 1.11. The molecule has 0 radical (unpaired) electrons. The Hall–Kier alpha value is -3.59. The van der Waals surface area contributed by atoms with E-state index in [9.17, 15) is 19.1 Å². The SMILES string of the molecule is COC(=O)N1CCC(N2C(=O)C(Cc3ncc4cccc(F)c4c3CCCCO)c3cnccc32)CC1. The fourth-order valence-corrected chi connectivity index (χ4v) is 5.71. The van der Waals surface area contributed by atoms with Gasteiger partial charge in [-0.15, -0.1) is 0 Å². The molecule has 0 aliphatic carbocycles. The van der Waals surface area contributed by atoms with E-state index in [2.05, 4.69) is 4.98 Å². The molecule has 1 saturated heterocycles. The summed E-state index contributed by atoms with van der Waals surface area (Å²) < 4.78 is 19.8. The number of aliphatic hydroxyl groups excluding tert-OH is 1. The van der Waals surface area contributed by atoms with Gasteiger partial charge in [0.1, 0.15) is 5.82 Å². The zero-order valence-corrected chi connectivity index (χ0v) is 20.9. The Morgan fingerprint density at radius 1 is 1.19 bits per heavy atom. The van der Waals surface area contributed by atoms with E-state index >= 15 is 0 Å². The first-order chi connectivity index (χ1) is 18.0. The highest BCUT2D eigenvalue weighted by atomic mass is 19.1. The van der Waals surface area contributed by atoms with Crippen LogP contribution in [-0.2, 0) is 22.4 Å². The third-order valence-corrected chi connectivity index (χ3v) is 7.55. The van der Waals surface area contributed by atoms with Crippen LogP contribution in [0.1, 0.15) is 48.4 Å². The summed E-state index contributed by atoms with van der Waals surface area (Å²) >= 11 is 0. The largest absolute Gasteiger partial charge is 0.453 e. The molecule has 0 spiro atoms. The second kappa shape index (κ2) is 10.8. The number of amides is 2. The number of ether oxygens (including phenoxy) is 1. The number of methoxy groups -OCH3 is 1. The Bertz CT molecular complexity index is 1310. The number of pyridine rings is 2. The highest BCUT2D eigenvalue weighted by molar-refractivity contribution is 6.05. The highest BCUT2D eigenvalue weighted by Crippen LogP contribution is 2.42. The van der Waals surface area contributed by atoms with Crippen LogP contribution in [0.2, 0.25) is 0 Å². The van der Waals surface area contributed by atoms with Gasteiger partial charge in [-0.25, -0.2) is 9.18 Å². The van der Waals surface area contributed by atoms with Crippen LogP contribution >= 0.6 is 0 Å². The topological polar surface area (TPSA) is 95.9 Å². The van der Waals surface area contributed by atoms with Gasteiger partial charge in [0.25, 0.3) is 0 Å². The van der Waals surface area contributed by atoms with E-state index in [-0.39, 0.29) is 30.5 Å². The number of unbranched alkanes of at least 4 members (excludes halogenated alkanes) is 1. The first-order valence-corrected chi connectivity index (χ1v) is 12.8. The normalized spacial score (nSPS) is 17.9. The number of aromatic nitrogens is 2. The van der Waals surface area contributed by atoms with Gasteiger partial charge in [0.15, 0.2) is 0 Å². The number of rotatable bonds is 7. The molecule has 0 saturated carbocycles. The van der Waals surface area contributed by atoms with Crippen LogP contribution in [0.3, 0.4) is 0 Å². The summed E-state index contributed by atoms with van der Waals surface area (Å²) in [5.41, 5.74) is 3.19. The van der Waals surface area contributed by atoms with Crippen molar-refractivity contribution >= 4 is 28.5 Å². The molecule has 194 valence electrons. The van der Waals surface area contributed by atoms with Crippen molar-refractivity contribution < 1.29 is 23.8 Å². The third kappa shape index (κ3) is 4.75. The number of aliphatic hydroxyl groups is 1. The van der Waals surface area contributed by atoms with Gasteiger partial charge in [0.05, 0.1) is 18.7 Å². The summed E-state index contributed by atoms with van der Waals surface area (Å²) in [5.74, 6) is -0.800. The van der Waals surface area contributed by atoms with Crippen molar-refractivity contribution in [2.24, 2.45) is 0 Å². The molecule has 37 heavy (non-hydrogen) atoms.